The maximum absolute atomic E-state index is 13.4. The number of hydrogen-bond acceptors (Lipinski definition) is 5. The summed E-state index contributed by atoms with van der Waals surface area (Å²) in [4.78, 5) is 35.2. The van der Waals surface area contributed by atoms with Crippen molar-refractivity contribution in [3.05, 3.63) is 64.9 Å². The summed E-state index contributed by atoms with van der Waals surface area (Å²) < 4.78 is 18.3. The lowest BCUT2D eigenvalue weighted by Crippen LogP contribution is -2.18. The van der Waals surface area contributed by atoms with Gasteiger partial charge in [-0.05, 0) is 36.4 Å². The Morgan fingerprint density at radius 3 is 2.42 bits per heavy atom. The molecule has 0 unspecified atom stereocenters. The zero-order valence-electron chi connectivity index (χ0n) is 13.5. The number of ketones is 1. The number of hydrogen-bond donors (Lipinski definition) is 1. The zero-order valence-corrected chi connectivity index (χ0v) is 15.1. The van der Waals surface area contributed by atoms with Crippen molar-refractivity contribution in [1.29, 1.82) is 0 Å². The molecule has 2 rings (SSSR count). The molecule has 8 heteroatoms. The minimum absolute atomic E-state index is 0.0471. The summed E-state index contributed by atoms with van der Waals surface area (Å²) >= 11 is 6.74. The first-order valence-electron chi connectivity index (χ1n) is 7.52. The molecule has 0 saturated carbocycles. The molecule has 0 aliphatic carbocycles. The Kier molecular flexibility index (Phi) is 7.62. The van der Waals surface area contributed by atoms with Crippen molar-refractivity contribution >= 4 is 46.7 Å². The van der Waals surface area contributed by atoms with Crippen LogP contribution in [0.5, 0.6) is 0 Å². The summed E-state index contributed by atoms with van der Waals surface area (Å²) in [6.45, 7) is -0.386. The van der Waals surface area contributed by atoms with Crippen molar-refractivity contribution in [2.24, 2.45) is 0 Å². The van der Waals surface area contributed by atoms with Crippen LogP contribution in [0.4, 0.5) is 10.1 Å². The van der Waals surface area contributed by atoms with Gasteiger partial charge in [-0.2, -0.15) is 0 Å². The summed E-state index contributed by atoms with van der Waals surface area (Å²) in [6, 6.07) is 12.0. The minimum atomic E-state index is -0.615. The molecule has 0 fully saturated rings. The second-order valence-electron chi connectivity index (χ2n) is 5.11. The number of carbonyl (C=O) groups is 3. The number of Topliss-reactive ketones (excluding diaryl/α,β-unsaturated/α-hetero) is 1. The number of esters is 1. The lowest BCUT2D eigenvalue weighted by molar-refractivity contribution is -0.139. The molecule has 0 bridgehead atoms. The first-order valence-corrected chi connectivity index (χ1v) is 9.05. The maximum Gasteiger partial charge on any atom is 0.316 e. The van der Waals surface area contributed by atoms with Crippen LogP contribution in [0.15, 0.2) is 48.5 Å². The van der Waals surface area contributed by atoms with Gasteiger partial charge in [0.25, 0.3) is 0 Å². The van der Waals surface area contributed by atoms with Crippen LogP contribution in [0.25, 0.3) is 0 Å². The van der Waals surface area contributed by atoms with Gasteiger partial charge in [0.2, 0.25) is 5.91 Å². The fraction of sp³-hybridized carbons (Fsp3) is 0.167. The van der Waals surface area contributed by atoms with Gasteiger partial charge < -0.3 is 10.1 Å². The third kappa shape index (κ3) is 6.50. The SMILES string of the molecule is O=C(CSCC(=O)OCC(=O)c1ccc(Cl)cc1)Nc1ccccc1F. The van der Waals surface area contributed by atoms with Crippen LogP contribution in [-0.4, -0.2) is 35.8 Å². The Morgan fingerprint density at radius 1 is 1.04 bits per heavy atom. The third-order valence-corrected chi connectivity index (χ3v) is 4.29. The standard InChI is InChI=1S/C18H15ClFNO4S/c19-13-7-5-12(6-8-13)16(22)9-25-18(24)11-26-10-17(23)21-15-4-2-1-3-14(15)20/h1-8H,9-11H2,(H,21,23). The van der Waals surface area contributed by atoms with E-state index >= 15 is 0 Å². The van der Waals surface area contributed by atoms with Crippen molar-refractivity contribution in [3.8, 4) is 0 Å². The van der Waals surface area contributed by atoms with E-state index in [1.165, 1.54) is 18.2 Å². The molecule has 0 aliphatic rings. The minimum Gasteiger partial charge on any atom is -0.457 e. The molecule has 0 spiro atoms. The topological polar surface area (TPSA) is 72.5 Å². The molecule has 0 aliphatic heterocycles. The van der Waals surface area contributed by atoms with E-state index in [0.29, 0.717) is 10.6 Å². The number of carbonyl (C=O) groups excluding carboxylic acids is 3. The van der Waals surface area contributed by atoms with Crippen LogP contribution in [0.2, 0.25) is 5.02 Å². The third-order valence-electron chi connectivity index (χ3n) is 3.13. The number of rotatable bonds is 8. The van der Waals surface area contributed by atoms with Gasteiger partial charge in [0, 0.05) is 10.6 Å². The van der Waals surface area contributed by atoms with E-state index in [9.17, 15) is 18.8 Å². The fourth-order valence-corrected chi connectivity index (χ4v) is 2.62. The molecule has 1 amide bonds. The predicted octanol–water partition coefficient (Wildman–Crippen LogP) is 3.58. The van der Waals surface area contributed by atoms with Crippen molar-refractivity contribution in [3.63, 3.8) is 0 Å². The van der Waals surface area contributed by atoms with Crippen molar-refractivity contribution in [2.45, 2.75) is 0 Å². The Hall–Kier alpha value is -2.38. The van der Waals surface area contributed by atoms with Gasteiger partial charge in [-0.25, -0.2) is 4.39 Å². The molecule has 136 valence electrons. The van der Waals surface area contributed by atoms with Crippen molar-refractivity contribution in [2.75, 3.05) is 23.4 Å². The molecule has 0 heterocycles. The Bertz CT molecular complexity index is 798. The number of halogens is 2. The van der Waals surface area contributed by atoms with Gasteiger partial charge in [-0.15, -0.1) is 11.8 Å². The van der Waals surface area contributed by atoms with Gasteiger partial charge in [-0.3, -0.25) is 14.4 Å². The van der Waals surface area contributed by atoms with Gasteiger partial charge in [-0.1, -0.05) is 23.7 Å². The molecule has 5 nitrogen and oxygen atoms in total. The smallest absolute Gasteiger partial charge is 0.316 e. The van der Waals surface area contributed by atoms with Crippen LogP contribution < -0.4 is 5.32 Å². The Labute approximate surface area is 158 Å². The molecule has 26 heavy (non-hydrogen) atoms. The first kappa shape index (κ1) is 19.9. The van der Waals surface area contributed by atoms with Crippen molar-refractivity contribution in [1.82, 2.24) is 0 Å². The summed E-state index contributed by atoms with van der Waals surface area (Å²) in [6.07, 6.45) is 0. The van der Waals surface area contributed by atoms with Gasteiger partial charge in [0.05, 0.1) is 17.2 Å². The second kappa shape index (κ2) is 9.94. The van der Waals surface area contributed by atoms with Crippen LogP contribution in [-0.2, 0) is 14.3 Å². The summed E-state index contributed by atoms with van der Waals surface area (Å²) in [5.41, 5.74) is 0.466. The fourth-order valence-electron chi connectivity index (χ4n) is 1.88. The zero-order chi connectivity index (χ0) is 18.9. The van der Waals surface area contributed by atoms with E-state index in [2.05, 4.69) is 5.32 Å². The number of para-hydroxylation sites is 1. The number of amides is 1. The number of benzene rings is 2. The predicted molar refractivity (Wildman–Crippen MR) is 99.1 cm³/mol. The van der Waals surface area contributed by atoms with E-state index in [0.717, 1.165) is 11.8 Å². The molecule has 2 aromatic rings. The van der Waals surface area contributed by atoms with Crippen LogP contribution in [0.3, 0.4) is 0 Å². The molecule has 2 aromatic carbocycles. The second-order valence-corrected chi connectivity index (χ2v) is 6.53. The average Bonchev–Trinajstić information content (AvgIpc) is 2.62. The maximum atomic E-state index is 13.4. The first-order chi connectivity index (χ1) is 12.5. The number of anilines is 1. The average molecular weight is 396 g/mol. The largest absolute Gasteiger partial charge is 0.457 e. The van der Waals surface area contributed by atoms with E-state index in [4.69, 9.17) is 16.3 Å². The van der Waals surface area contributed by atoms with Crippen LogP contribution in [0.1, 0.15) is 10.4 Å². The molecule has 0 saturated heterocycles. The van der Waals surface area contributed by atoms with Crippen LogP contribution in [0, 0.1) is 5.82 Å². The summed E-state index contributed by atoms with van der Waals surface area (Å²) in [5, 5.41) is 2.91. The van der Waals surface area contributed by atoms with E-state index in [-0.39, 0.29) is 29.6 Å². The van der Waals surface area contributed by atoms with Crippen LogP contribution >= 0.6 is 23.4 Å². The normalized spacial score (nSPS) is 10.2. The summed E-state index contributed by atoms with van der Waals surface area (Å²) in [7, 11) is 0. The van der Waals surface area contributed by atoms with Gasteiger partial charge in [0.15, 0.2) is 12.4 Å². The Morgan fingerprint density at radius 2 is 1.73 bits per heavy atom. The number of nitrogens with one attached hydrogen (secondary N) is 1. The van der Waals surface area contributed by atoms with E-state index < -0.39 is 17.7 Å². The lowest BCUT2D eigenvalue weighted by atomic mass is 10.1. The quantitative estimate of drug-likeness (QED) is 0.546. The molecule has 0 aromatic heterocycles. The van der Waals surface area contributed by atoms with E-state index in [1.807, 2.05) is 0 Å². The number of thioether (sulfide) groups is 1. The van der Waals surface area contributed by atoms with Crippen molar-refractivity contribution < 1.29 is 23.5 Å². The molecule has 1 N–H and O–H groups in total. The highest BCUT2D eigenvalue weighted by atomic mass is 35.5. The molecular formula is C18H15ClFNO4S. The van der Waals surface area contributed by atoms with Gasteiger partial charge >= 0.3 is 5.97 Å². The molecule has 0 atom stereocenters. The highest BCUT2D eigenvalue weighted by molar-refractivity contribution is 8.00. The molecular weight excluding hydrogens is 381 g/mol. The summed E-state index contributed by atoms with van der Waals surface area (Å²) in [5.74, 6) is -2.09. The highest BCUT2D eigenvalue weighted by Crippen LogP contribution is 2.13. The lowest BCUT2D eigenvalue weighted by Gasteiger charge is -2.06. The highest BCUT2D eigenvalue weighted by Gasteiger charge is 2.12. The van der Waals surface area contributed by atoms with E-state index in [1.54, 1.807) is 30.3 Å². The van der Waals surface area contributed by atoms with Gasteiger partial charge in [0.1, 0.15) is 5.82 Å². The number of ether oxygens (including phenoxy) is 1. The Balaban J connectivity index is 1.67. The monoisotopic (exact) mass is 395 g/mol. The molecule has 0 radical (unpaired) electrons.